The van der Waals surface area contributed by atoms with Gasteiger partial charge in [0.1, 0.15) is 0 Å². The first kappa shape index (κ1) is 36.0. The fourth-order valence-corrected chi connectivity index (χ4v) is 0. The minimum absolute atomic E-state index is 0. The van der Waals surface area contributed by atoms with Gasteiger partial charge in [0.15, 0.2) is 0 Å². The molecule has 0 aliphatic heterocycles. The normalized spacial score (nSPS) is 4.50. The van der Waals surface area contributed by atoms with E-state index in [0.717, 1.165) is 0 Å². The summed E-state index contributed by atoms with van der Waals surface area (Å²) in [5, 5.41) is 0. The quantitative estimate of drug-likeness (QED) is 0.323. The molecule has 0 fully saturated rings. The van der Waals surface area contributed by atoms with Crippen molar-refractivity contribution in [2.75, 3.05) is 0 Å². The van der Waals surface area contributed by atoms with E-state index in [0.29, 0.717) is 0 Å². The van der Waals surface area contributed by atoms with Gasteiger partial charge in [-0.05, 0) is 0 Å². The van der Waals surface area contributed by atoms with E-state index in [9.17, 15) is 0 Å². The molecule has 0 nitrogen and oxygen atoms in total. The van der Waals surface area contributed by atoms with Crippen molar-refractivity contribution >= 4 is 134 Å². The number of hydrogen-bond donors (Lipinski definition) is 0. The Kier molecular flexibility index (Phi) is 171. The van der Waals surface area contributed by atoms with Crippen LogP contribution in [0.1, 0.15) is 0 Å². The maximum atomic E-state index is 2.30. The van der Waals surface area contributed by atoms with E-state index >= 15 is 0 Å². The molecule has 12 radical (unpaired) electrons. The molecule has 0 heterocycles. The monoisotopic (exact) mass is 840 g/mol. The fourth-order valence-electron chi connectivity index (χ4n) is 0. The van der Waals surface area contributed by atoms with Crippen LogP contribution in [0.3, 0.4) is 0 Å². The van der Waals surface area contributed by atoms with E-state index in [1.165, 1.54) is 0 Å². The molecule has 0 saturated carbocycles. The number of rotatable bonds is 0. The van der Waals surface area contributed by atoms with Crippen LogP contribution >= 0.6 is 0 Å². The molecule has 0 N–H and O–H groups in total. The first-order valence-electron chi connectivity index (χ1n) is 3.00. The summed E-state index contributed by atoms with van der Waals surface area (Å²) in [5.74, 6) is 0. The van der Waals surface area contributed by atoms with Crippen molar-refractivity contribution in [3.05, 3.63) is 0 Å². The Labute approximate surface area is 160 Å². The predicted molar refractivity (Wildman–Crippen MR) is 69.7 cm³/mol. The second-order valence-electron chi connectivity index (χ2n) is 1.50. The van der Waals surface area contributed by atoms with Crippen molar-refractivity contribution in [1.82, 2.24) is 0 Å². The van der Waals surface area contributed by atoms with Crippen LogP contribution in [-0.4, -0.2) is 134 Å². The maximum Gasteiger partial charge on any atom is 0 e. The van der Waals surface area contributed by atoms with Gasteiger partial charge in [0.25, 0.3) is 0 Å². The molecular weight excluding hydrogens is 811 g/mol. The van der Waals surface area contributed by atoms with Gasteiger partial charge in [-0.2, -0.15) is 0 Å². The zero-order valence-corrected chi connectivity index (χ0v) is 24.3. The molecule has 0 spiro atoms. The van der Waals surface area contributed by atoms with Crippen molar-refractivity contribution in [2.24, 2.45) is 0 Å². The first-order valence-corrected chi connectivity index (χ1v) is 20.1. The van der Waals surface area contributed by atoms with Crippen molar-refractivity contribution in [3.8, 4) is 0 Å². The van der Waals surface area contributed by atoms with Gasteiger partial charge in [0.2, 0.25) is 0 Å². The SMILES string of the molecule is [CH3][Sn][CH3].[CH3][Sn][CH3].[CH3][Sn][CH3].[Te].[Te].[Te]. The Morgan fingerprint density at radius 1 is 0.417 bits per heavy atom. The third-order valence-corrected chi connectivity index (χ3v) is 0. The molecule has 72 valence electrons. The molecular formula is C6H18Sn3Te3. The van der Waals surface area contributed by atoms with Gasteiger partial charge < -0.3 is 0 Å². The van der Waals surface area contributed by atoms with Gasteiger partial charge in [-0.3, -0.25) is 0 Å². The second-order valence-corrected chi connectivity index (χ2v) is 10.1. The molecule has 0 amide bonds. The van der Waals surface area contributed by atoms with Gasteiger partial charge in [0, 0.05) is 71.0 Å². The molecule has 12 heavy (non-hydrogen) atoms. The van der Waals surface area contributed by atoms with Crippen LogP contribution in [0.5, 0.6) is 0 Å². The molecule has 0 atom stereocenters. The summed E-state index contributed by atoms with van der Waals surface area (Å²) in [6.45, 7) is 0. The average molecular weight is 829 g/mol. The van der Waals surface area contributed by atoms with Crippen LogP contribution in [0.4, 0.5) is 0 Å². The third-order valence-electron chi connectivity index (χ3n) is 0. The van der Waals surface area contributed by atoms with Crippen molar-refractivity contribution in [1.29, 1.82) is 0 Å². The van der Waals surface area contributed by atoms with Crippen LogP contribution in [-0.2, 0) is 0 Å². The van der Waals surface area contributed by atoms with Gasteiger partial charge in [-0.15, -0.1) is 0 Å². The average Bonchev–Trinajstić information content (AvgIpc) is 1.70. The van der Waals surface area contributed by atoms with Gasteiger partial charge >= 0.3 is 93.1 Å². The molecule has 0 rings (SSSR count). The van der Waals surface area contributed by atoms with E-state index in [4.69, 9.17) is 0 Å². The summed E-state index contributed by atoms with van der Waals surface area (Å²) in [4.78, 5) is 13.8. The topological polar surface area (TPSA) is 0 Å². The minimum Gasteiger partial charge on any atom is 0 e. The fraction of sp³-hybridized carbons (Fsp3) is 1.00. The molecule has 0 saturated heterocycles. The molecule has 6 heteroatoms. The largest absolute Gasteiger partial charge is 0 e. The smallest absolute Gasteiger partial charge is 0 e. The van der Waals surface area contributed by atoms with Crippen LogP contribution in [0.15, 0.2) is 0 Å². The Hall–Kier alpha value is 4.76. The Bertz CT molecular complexity index is 22.8. The molecule has 0 aromatic rings. The van der Waals surface area contributed by atoms with Crippen molar-refractivity contribution in [2.45, 2.75) is 29.6 Å². The van der Waals surface area contributed by atoms with Crippen LogP contribution in [0.25, 0.3) is 0 Å². The van der Waals surface area contributed by atoms with Crippen LogP contribution in [0.2, 0.25) is 29.6 Å². The van der Waals surface area contributed by atoms with E-state index < -0.39 is 0 Å². The summed E-state index contributed by atoms with van der Waals surface area (Å²) in [6, 6.07) is 0. The van der Waals surface area contributed by atoms with Crippen molar-refractivity contribution in [3.63, 3.8) is 0 Å². The van der Waals surface area contributed by atoms with Gasteiger partial charge in [-0.25, -0.2) is 0 Å². The van der Waals surface area contributed by atoms with E-state index in [1.54, 1.807) is 0 Å². The Morgan fingerprint density at radius 2 is 0.417 bits per heavy atom. The number of hydrogen-bond acceptors (Lipinski definition) is 0. The summed E-state index contributed by atoms with van der Waals surface area (Å²) >= 11 is 0.690. The zero-order valence-electron chi connectivity index (χ0n) is 8.72. The van der Waals surface area contributed by atoms with Gasteiger partial charge in [0.05, 0.1) is 0 Å². The Balaban J connectivity index is -0.00000001000. The van der Waals surface area contributed by atoms with E-state index in [-0.39, 0.29) is 134 Å². The van der Waals surface area contributed by atoms with E-state index in [1.807, 2.05) is 0 Å². The molecule has 0 aliphatic rings. The molecule has 0 aliphatic carbocycles. The standard InChI is InChI=1S/6CH3.3Sn.3Te/h6*1H3;;;;;;. The van der Waals surface area contributed by atoms with Crippen LogP contribution < -0.4 is 0 Å². The molecule has 0 aromatic heterocycles. The van der Waals surface area contributed by atoms with Gasteiger partial charge in [-0.1, -0.05) is 0 Å². The van der Waals surface area contributed by atoms with E-state index in [2.05, 4.69) is 29.6 Å². The van der Waals surface area contributed by atoms with Crippen LogP contribution in [0, 0.1) is 0 Å². The summed E-state index contributed by atoms with van der Waals surface area (Å²) in [7, 11) is 0. The second kappa shape index (κ2) is 57.0. The molecule has 0 unspecified atom stereocenters. The third kappa shape index (κ3) is 123. The first-order chi connectivity index (χ1) is 4.24. The zero-order chi connectivity index (χ0) is 8.12. The Morgan fingerprint density at radius 3 is 0.417 bits per heavy atom. The minimum atomic E-state index is 0. The maximum absolute atomic E-state index is 2.30. The predicted octanol–water partition coefficient (Wildman–Crippen LogP) is 1.22. The summed E-state index contributed by atoms with van der Waals surface area (Å²) in [6.07, 6.45) is 0. The van der Waals surface area contributed by atoms with Crippen molar-refractivity contribution < 1.29 is 0 Å². The summed E-state index contributed by atoms with van der Waals surface area (Å²) in [5.41, 5.74) is 0. The summed E-state index contributed by atoms with van der Waals surface area (Å²) < 4.78 is 0. The molecule has 0 bridgehead atoms. The molecule has 0 aromatic carbocycles.